The Hall–Kier alpha value is -0.840. The van der Waals surface area contributed by atoms with Gasteiger partial charge in [-0.2, -0.15) is 0 Å². The molecule has 1 heterocycles. The molecule has 1 aliphatic rings. The van der Waals surface area contributed by atoms with Crippen molar-refractivity contribution in [3.05, 3.63) is 29.0 Å². The molecule has 0 amide bonds. The molecule has 1 aromatic carbocycles. The molecule has 5 heteroatoms. The van der Waals surface area contributed by atoms with Crippen LogP contribution in [0, 0.1) is 5.82 Å². The zero-order valence-electron chi connectivity index (χ0n) is 10.1. The number of hydrogen-bond acceptors (Lipinski definition) is 3. The molecule has 18 heavy (non-hydrogen) atoms. The Labute approximate surface area is 111 Å². The molecule has 0 saturated carbocycles. The molecule has 1 unspecified atom stereocenters. The zero-order chi connectivity index (χ0) is 12.8. The second-order valence-electron chi connectivity index (χ2n) is 4.24. The minimum atomic E-state index is -0.429. The summed E-state index contributed by atoms with van der Waals surface area (Å²) in [5.74, 6) is -0.306. The Bertz CT molecular complexity index is 363. The molecule has 1 saturated heterocycles. The third-order valence-corrected chi connectivity index (χ3v) is 3.14. The molecular formula is C13H17ClFNO2. The monoisotopic (exact) mass is 273 g/mol. The number of nitrogens with one attached hydrogen (secondary N) is 1. The Morgan fingerprint density at radius 2 is 2.39 bits per heavy atom. The molecule has 1 N–H and O–H groups in total. The summed E-state index contributed by atoms with van der Waals surface area (Å²) in [6.07, 6.45) is 2.54. The number of benzene rings is 1. The van der Waals surface area contributed by atoms with E-state index in [-0.39, 0.29) is 5.75 Å². The normalized spacial score (nSPS) is 19.1. The van der Waals surface area contributed by atoms with E-state index in [4.69, 9.17) is 21.1 Å². The summed E-state index contributed by atoms with van der Waals surface area (Å²) < 4.78 is 24.1. The molecule has 0 bridgehead atoms. The van der Waals surface area contributed by atoms with Gasteiger partial charge in [-0.1, -0.05) is 17.7 Å². The van der Waals surface area contributed by atoms with Crippen molar-refractivity contribution < 1.29 is 13.9 Å². The Kier molecular flexibility index (Phi) is 5.23. The van der Waals surface area contributed by atoms with Crippen LogP contribution in [0.1, 0.15) is 12.8 Å². The number of rotatable bonds is 6. The third kappa shape index (κ3) is 3.83. The van der Waals surface area contributed by atoms with Crippen molar-refractivity contribution in [1.82, 2.24) is 5.32 Å². The highest BCUT2D eigenvalue weighted by Crippen LogP contribution is 2.26. The van der Waals surface area contributed by atoms with Crippen LogP contribution in [0.25, 0.3) is 0 Å². The SMILES string of the molecule is Fc1cccc(Cl)c1OCCNCC1CCCO1. The lowest BCUT2D eigenvalue weighted by Crippen LogP contribution is -2.29. The first-order valence-corrected chi connectivity index (χ1v) is 6.54. The highest BCUT2D eigenvalue weighted by molar-refractivity contribution is 6.32. The molecule has 0 aromatic heterocycles. The fraction of sp³-hybridized carbons (Fsp3) is 0.538. The van der Waals surface area contributed by atoms with Gasteiger partial charge in [-0.05, 0) is 25.0 Å². The van der Waals surface area contributed by atoms with Crippen LogP contribution in [-0.4, -0.2) is 32.4 Å². The van der Waals surface area contributed by atoms with Crippen molar-refractivity contribution in [2.45, 2.75) is 18.9 Å². The van der Waals surface area contributed by atoms with Gasteiger partial charge in [-0.15, -0.1) is 0 Å². The average Bonchev–Trinajstić information content (AvgIpc) is 2.85. The maximum atomic E-state index is 13.4. The van der Waals surface area contributed by atoms with Crippen LogP contribution in [-0.2, 0) is 4.74 Å². The van der Waals surface area contributed by atoms with Gasteiger partial charge in [-0.25, -0.2) is 4.39 Å². The fourth-order valence-corrected chi connectivity index (χ4v) is 2.13. The van der Waals surface area contributed by atoms with Crippen LogP contribution >= 0.6 is 11.6 Å². The van der Waals surface area contributed by atoms with Gasteiger partial charge in [-0.3, -0.25) is 0 Å². The van der Waals surface area contributed by atoms with E-state index in [9.17, 15) is 4.39 Å². The minimum absolute atomic E-state index is 0.123. The molecule has 1 atom stereocenters. The summed E-state index contributed by atoms with van der Waals surface area (Å²) in [6, 6.07) is 4.50. The zero-order valence-corrected chi connectivity index (χ0v) is 10.9. The van der Waals surface area contributed by atoms with E-state index in [1.165, 1.54) is 6.07 Å². The summed E-state index contributed by atoms with van der Waals surface area (Å²) in [5.41, 5.74) is 0. The molecule has 0 spiro atoms. The Morgan fingerprint density at radius 3 is 3.11 bits per heavy atom. The maximum Gasteiger partial charge on any atom is 0.173 e. The number of para-hydroxylation sites is 1. The first-order valence-electron chi connectivity index (χ1n) is 6.16. The van der Waals surface area contributed by atoms with E-state index in [1.54, 1.807) is 12.1 Å². The van der Waals surface area contributed by atoms with Gasteiger partial charge in [0.1, 0.15) is 6.61 Å². The smallest absolute Gasteiger partial charge is 0.173 e. The number of halogens is 2. The van der Waals surface area contributed by atoms with Gasteiger partial charge >= 0.3 is 0 Å². The van der Waals surface area contributed by atoms with Crippen LogP contribution in [0.3, 0.4) is 0 Å². The summed E-state index contributed by atoms with van der Waals surface area (Å²) in [5, 5.41) is 3.52. The fourth-order valence-electron chi connectivity index (χ4n) is 1.91. The van der Waals surface area contributed by atoms with Crippen molar-refractivity contribution in [3.8, 4) is 5.75 Å². The van der Waals surface area contributed by atoms with Crippen LogP contribution in [0.2, 0.25) is 5.02 Å². The van der Waals surface area contributed by atoms with E-state index in [1.807, 2.05) is 0 Å². The number of ether oxygens (including phenoxy) is 2. The molecule has 0 aliphatic carbocycles. The van der Waals surface area contributed by atoms with Crippen molar-refractivity contribution in [2.24, 2.45) is 0 Å². The lowest BCUT2D eigenvalue weighted by Gasteiger charge is -2.12. The van der Waals surface area contributed by atoms with Crippen LogP contribution in [0.5, 0.6) is 5.75 Å². The summed E-state index contributed by atoms with van der Waals surface area (Å²) in [4.78, 5) is 0. The molecule has 1 aromatic rings. The van der Waals surface area contributed by atoms with Crippen molar-refractivity contribution in [1.29, 1.82) is 0 Å². The van der Waals surface area contributed by atoms with E-state index in [0.29, 0.717) is 24.3 Å². The lowest BCUT2D eigenvalue weighted by molar-refractivity contribution is 0.109. The molecular weight excluding hydrogens is 257 g/mol. The lowest BCUT2D eigenvalue weighted by atomic mass is 10.2. The van der Waals surface area contributed by atoms with Gasteiger partial charge in [0.15, 0.2) is 11.6 Å². The second-order valence-corrected chi connectivity index (χ2v) is 4.65. The van der Waals surface area contributed by atoms with Gasteiger partial charge < -0.3 is 14.8 Å². The first kappa shape index (κ1) is 13.6. The molecule has 2 rings (SSSR count). The second kappa shape index (κ2) is 6.92. The largest absolute Gasteiger partial charge is 0.488 e. The summed E-state index contributed by atoms with van der Waals surface area (Å²) >= 11 is 5.84. The van der Waals surface area contributed by atoms with E-state index < -0.39 is 5.82 Å². The predicted molar refractivity (Wildman–Crippen MR) is 68.7 cm³/mol. The molecule has 3 nitrogen and oxygen atoms in total. The van der Waals surface area contributed by atoms with Crippen LogP contribution in [0.4, 0.5) is 4.39 Å². The van der Waals surface area contributed by atoms with Crippen LogP contribution < -0.4 is 10.1 Å². The van der Waals surface area contributed by atoms with Crippen LogP contribution in [0.15, 0.2) is 18.2 Å². The molecule has 1 aliphatic heterocycles. The Morgan fingerprint density at radius 1 is 1.50 bits per heavy atom. The molecule has 0 radical (unpaired) electrons. The molecule has 1 fully saturated rings. The third-order valence-electron chi connectivity index (χ3n) is 2.84. The number of hydrogen-bond donors (Lipinski definition) is 1. The average molecular weight is 274 g/mol. The van der Waals surface area contributed by atoms with Gasteiger partial charge in [0.05, 0.1) is 11.1 Å². The van der Waals surface area contributed by atoms with Crippen molar-refractivity contribution in [3.63, 3.8) is 0 Å². The maximum absolute atomic E-state index is 13.4. The van der Waals surface area contributed by atoms with E-state index in [0.717, 1.165) is 26.0 Å². The predicted octanol–water partition coefficient (Wildman–Crippen LogP) is 2.63. The van der Waals surface area contributed by atoms with E-state index in [2.05, 4.69) is 5.32 Å². The quantitative estimate of drug-likeness (QED) is 0.809. The van der Waals surface area contributed by atoms with E-state index >= 15 is 0 Å². The highest BCUT2D eigenvalue weighted by atomic mass is 35.5. The van der Waals surface area contributed by atoms with Crippen molar-refractivity contribution >= 4 is 11.6 Å². The molecule has 100 valence electrons. The first-order chi connectivity index (χ1) is 8.77. The topological polar surface area (TPSA) is 30.5 Å². The van der Waals surface area contributed by atoms with Gasteiger partial charge in [0.25, 0.3) is 0 Å². The summed E-state index contributed by atoms with van der Waals surface area (Å²) in [7, 11) is 0. The van der Waals surface area contributed by atoms with Gasteiger partial charge in [0, 0.05) is 19.7 Å². The summed E-state index contributed by atoms with van der Waals surface area (Å²) in [6.45, 7) is 2.69. The van der Waals surface area contributed by atoms with Gasteiger partial charge in [0.2, 0.25) is 0 Å². The standard InChI is InChI=1S/C13H17ClFNO2/c14-11-4-1-5-12(15)13(11)18-8-6-16-9-10-3-2-7-17-10/h1,4-5,10,16H,2-3,6-9H2. The highest BCUT2D eigenvalue weighted by Gasteiger charge is 2.14. The Balaban J connectivity index is 1.65. The minimum Gasteiger partial charge on any atom is -0.488 e. The van der Waals surface area contributed by atoms with Crippen molar-refractivity contribution in [2.75, 3.05) is 26.3 Å².